The van der Waals surface area contributed by atoms with Crippen molar-refractivity contribution in [2.75, 3.05) is 4.90 Å². The molecule has 6 nitrogen and oxygen atoms in total. The lowest BCUT2D eigenvalue weighted by Crippen LogP contribution is -2.54. The second-order valence-corrected chi connectivity index (χ2v) is 9.92. The van der Waals surface area contributed by atoms with Crippen molar-refractivity contribution in [2.24, 2.45) is 0 Å². The van der Waals surface area contributed by atoms with Crippen LogP contribution >= 0.6 is 15.9 Å². The number of imide groups is 2. The van der Waals surface area contributed by atoms with Crippen molar-refractivity contribution >= 4 is 45.5 Å². The lowest BCUT2D eigenvalue weighted by atomic mass is 10.0. The van der Waals surface area contributed by atoms with E-state index in [0.29, 0.717) is 34.5 Å². The molecule has 0 bridgehead atoms. The standard InChI is InChI=1S/C30H27BrN2O4/c1-5-7-23-14-22(16-26(31)27(23)37-17-21-9-6-8-18(2)11-21)15-25-28(34)32-30(36)33(29(25)35)24-12-19(3)10-20(4)13-24/h5-6,8-16H,1,7,17H2,2-4H3,(H,32,34,36)/b25-15+. The molecule has 1 aliphatic heterocycles. The molecule has 1 heterocycles. The number of benzene rings is 3. The van der Waals surface area contributed by atoms with E-state index in [1.165, 1.54) is 6.08 Å². The quantitative estimate of drug-likeness (QED) is 0.208. The van der Waals surface area contributed by atoms with Crippen molar-refractivity contribution in [1.82, 2.24) is 5.32 Å². The number of barbiturate groups is 1. The van der Waals surface area contributed by atoms with Crippen LogP contribution in [0.1, 0.15) is 33.4 Å². The number of hydrogen-bond acceptors (Lipinski definition) is 4. The predicted octanol–water partition coefficient (Wildman–Crippen LogP) is 6.35. The fraction of sp³-hybridized carbons (Fsp3) is 0.167. The normalized spacial score (nSPS) is 14.6. The molecule has 3 aromatic carbocycles. The summed E-state index contributed by atoms with van der Waals surface area (Å²) in [5.41, 5.74) is 5.72. The number of allylic oxidation sites excluding steroid dienone is 1. The van der Waals surface area contributed by atoms with Gasteiger partial charge in [-0.05, 0) is 101 Å². The Balaban J connectivity index is 1.68. The molecule has 0 saturated carbocycles. The molecule has 1 aliphatic rings. The third-order valence-corrected chi connectivity index (χ3v) is 6.44. The third kappa shape index (κ3) is 5.89. The first kappa shape index (κ1) is 26.1. The van der Waals surface area contributed by atoms with Gasteiger partial charge in [-0.3, -0.25) is 14.9 Å². The topological polar surface area (TPSA) is 75.7 Å². The molecule has 4 amide bonds. The largest absolute Gasteiger partial charge is 0.487 e. The Morgan fingerprint density at radius 1 is 0.973 bits per heavy atom. The molecule has 1 saturated heterocycles. The van der Waals surface area contributed by atoms with Crippen molar-refractivity contribution in [3.05, 3.63) is 111 Å². The highest BCUT2D eigenvalue weighted by Gasteiger charge is 2.37. The molecular weight excluding hydrogens is 532 g/mol. The molecule has 0 spiro atoms. The summed E-state index contributed by atoms with van der Waals surface area (Å²) < 4.78 is 6.82. The fourth-order valence-electron chi connectivity index (χ4n) is 4.32. The van der Waals surface area contributed by atoms with E-state index in [1.807, 2.05) is 51.1 Å². The smallest absolute Gasteiger partial charge is 0.335 e. The van der Waals surface area contributed by atoms with E-state index in [2.05, 4.69) is 33.9 Å². The van der Waals surface area contributed by atoms with Gasteiger partial charge in [-0.25, -0.2) is 9.69 Å². The number of amides is 4. The number of carbonyl (C=O) groups is 3. The maximum absolute atomic E-state index is 13.3. The Labute approximate surface area is 224 Å². The molecule has 0 unspecified atom stereocenters. The highest BCUT2D eigenvalue weighted by atomic mass is 79.9. The lowest BCUT2D eigenvalue weighted by molar-refractivity contribution is -0.122. The van der Waals surface area contributed by atoms with Gasteiger partial charge in [-0.2, -0.15) is 0 Å². The number of hydrogen-bond donors (Lipinski definition) is 1. The van der Waals surface area contributed by atoms with E-state index < -0.39 is 17.8 Å². The number of nitrogens with zero attached hydrogens (tertiary/aromatic N) is 1. The molecule has 188 valence electrons. The second kappa shape index (κ2) is 11.0. The van der Waals surface area contributed by atoms with Gasteiger partial charge in [0.05, 0.1) is 10.2 Å². The zero-order chi connectivity index (χ0) is 26.7. The first-order valence-corrected chi connectivity index (χ1v) is 12.6. The summed E-state index contributed by atoms with van der Waals surface area (Å²) in [6.07, 6.45) is 3.77. The number of rotatable bonds is 7. The van der Waals surface area contributed by atoms with Crippen LogP contribution in [0.25, 0.3) is 6.08 Å². The number of carbonyl (C=O) groups excluding carboxylic acids is 3. The Morgan fingerprint density at radius 3 is 2.38 bits per heavy atom. The minimum atomic E-state index is -0.773. The lowest BCUT2D eigenvalue weighted by Gasteiger charge is -2.27. The van der Waals surface area contributed by atoms with E-state index in [0.717, 1.165) is 32.7 Å². The molecule has 1 fully saturated rings. The Morgan fingerprint density at radius 2 is 1.70 bits per heavy atom. The molecule has 7 heteroatoms. The van der Waals surface area contributed by atoms with Crippen molar-refractivity contribution < 1.29 is 19.1 Å². The number of aryl methyl sites for hydroxylation is 3. The molecule has 0 aromatic heterocycles. The van der Waals surface area contributed by atoms with Gasteiger partial charge in [-0.15, -0.1) is 6.58 Å². The van der Waals surface area contributed by atoms with Gasteiger partial charge in [0.25, 0.3) is 11.8 Å². The number of nitrogens with one attached hydrogen (secondary N) is 1. The number of anilines is 1. The molecule has 0 aliphatic carbocycles. The number of urea groups is 1. The first-order valence-electron chi connectivity index (χ1n) is 11.8. The van der Waals surface area contributed by atoms with Gasteiger partial charge in [-0.1, -0.05) is 42.0 Å². The van der Waals surface area contributed by atoms with Gasteiger partial charge in [0, 0.05) is 0 Å². The predicted molar refractivity (Wildman–Crippen MR) is 148 cm³/mol. The van der Waals surface area contributed by atoms with Crippen molar-refractivity contribution in [2.45, 2.75) is 33.8 Å². The highest BCUT2D eigenvalue weighted by molar-refractivity contribution is 9.10. The monoisotopic (exact) mass is 558 g/mol. The maximum atomic E-state index is 13.3. The number of halogens is 1. The summed E-state index contributed by atoms with van der Waals surface area (Å²) in [6.45, 7) is 10.0. The van der Waals surface area contributed by atoms with Crippen LogP contribution in [0.2, 0.25) is 0 Å². The van der Waals surface area contributed by atoms with Gasteiger partial charge in [0.1, 0.15) is 17.9 Å². The summed E-state index contributed by atoms with van der Waals surface area (Å²) in [5.74, 6) is -0.758. The SMILES string of the molecule is C=CCc1cc(/C=C2\C(=O)NC(=O)N(c3cc(C)cc(C)c3)C2=O)cc(Br)c1OCc1cccc(C)c1. The average molecular weight is 559 g/mol. The van der Waals surface area contributed by atoms with Crippen molar-refractivity contribution in [1.29, 1.82) is 0 Å². The third-order valence-electron chi connectivity index (χ3n) is 5.85. The van der Waals surface area contributed by atoms with E-state index in [-0.39, 0.29) is 5.57 Å². The summed E-state index contributed by atoms with van der Waals surface area (Å²) >= 11 is 3.59. The van der Waals surface area contributed by atoms with Crippen molar-refractivity contribution in [3.63, 3.8) is 0 Å². The van der Waals surface area contributed by atoms with Crippen LogP contribution in [0.3, 0.4) is 0 Å². The van der Waals surface area contributed by atoms with Gasteiger partial charge in [0.15, 0.2) is 0 Å². The van der Waals surface area contributed by atoms with Crippen LogP contribution in [-0.2, 0) is 22.6 Å². The Kier molecular flexibility index (Phi) is 7.74. The van der Waals surface area contributed by atoms with Crippen LogP contribution in [0.5, 0.6) is 5.75 Å². The first-order chi connectivity index (χ1) is 17.7. The summed E-state index contributed by atoms with van der Waals surface area (Å²) in [6, 6.07) is 16.4. The minimum absolute atomic E-state index is 0.136. The fourth-order valence-corrected chi connectivity index (χ4v) is 4.95. The highest BCUT2D eigenvalue weighted by Crippen LogP contribution is 2.34. The molecule has 4 rings (SSSR count). The Hall–Kier alpha value is -3.97. The van der Waals surface area contributed by atoms with Crippen LogP contribution in [-0.4, -0.2) is 17.8 Å². The number of ether oxygens (including phenoxy) is 1. The maximum Gasteiger partial charge on any atom is 0.335 e. The summed E-state index contributed by atoms with van der Waals surface area (Å²) in [5, 5.41) is 2.28. The van der Waals surface area contributed by atoms with Crippen LogP contribution < -0.4 is 15.0 Å². The van der Waals surface area contributed by atoms with Crippen molar-refractivity contribution in [3.8, 4) is 5.75 Å². The summed E-state index contributed by atoms with van der Waals surface area (Å²) in [7, 11) is 0. The average Bonchev–Trinajstić information content (AvgIpc) is 2.81. The van der Waals surface area contributed by atoms with E-state index >= 15 is 0 Å². The zero-order valence-electron chi connectivity index (χ0n) is 20.9. The van der Waals surface area contributed by atoms with Gasteiger partial charge < -0.3 is 4.74 Å². The zero-order valence-corrected chi connectivity index (χ0v) is 22.5. The molecule has 37 heavy (non-hydrogen) atoms. The molecule has 0 atom stereocenters. The summed E-state index contributed by atoms with van der Waals surface area (Å²) in [4.78, 5) is 39.6. The van der Waals surface area contributed by atoms with Crippen LogP contribution in [0.15, 0.2) is 77.3 Å². The molecule has 3 aromatic rings. The molecular formula is C30H27BrN2O4. The van der Waals surface area contributed by atoms with Gasteiger partial charge in [0.2, 0.25) is 0 Å². The van der Waals surface area contributed by atoms with E-state index in [9.17, 15) is 14.4 Å². The van der Waals surface area contributed by atoms with E-state index in [4.69, 9.17) is 4.74 Å². The Bertz CT molecular complexity index is 1440. The second-order valence-electron chi connectivity index (χ2n) is 9.07. The minimum Gasteiger partial charge on any atom is -0.487 e. The van der Waals surface area contributed by atoms with E-state index in [1.54, 1.807) is 24.3 Å². The van der Waals surface area contributed by atoms with Crippen LogP contribution in [0, 0.1) is 20.8 Å². The molecule has 0 radical (unpaired) electrons. The molecule has 1 N–H and O–H groups in total. The van der Waals surface area contributed by atoms with Gasteiger partial charge >= 0.3 is 6.03 Å². The van der Waals surface area contributed by atoms with Crippen LogP contribution in [0.4, 0.5) is 10.5 Å².